The van der Waals surface area contributed by atoms with Crippen molar-refractivity contribution in [3.8, 4) is 17.0 Å². The summed E-state index contributed by atoms with van der Waals surface area (Å²) in [6.45, 7) is 2.22. The molecular weight excluding hydrogens is 410 g/mol. The molecule has 1 unspecified atom stereocenters. The number of hydrogen-bond donors (Lipinski definition) is 1. The first kappa shape index (κ1) is 20.3. The molecule has 10 heteroatoms. The summed E-state index contributed by atoms with van der Waals surface area (Å²) in [4.78, 5) is 42.3. The maximum absolute atomic E-state index is 12.3. The Morgan fingerprint density at radius 3 is 3.03 bits per heavy atom. The van der Waals surface area contributed by atoms with Gasteiger partial charge < -0.3 is 14.2 Å². The van der Waals surface area contributed by atoms with Gasteiger partial charge in [-0.05, 0) is 38.0 Å². The molecule has 158 valence electrons. The lowest BCUT2D eigenvalue weighted by Gasteiger charge is -2.28. The molecule has 2 aromatic rings. The fraction of sp³-hybridized carbons (Fsp3) is 0.400. The lowest BCUT2D eigenvalue weighted by Crippen LogP contribution is -2.42. The average molecular weight is 431 g/mol. The number of ether oxygens (including phenoxy) is 3. The summed E-state index contributed by atoms with van der Waals surface area (Å²) in [6.07, 6.45) is 1.15. The standard InChI is InChI=1S/C20H21N3O6S/c1-2-27-18(25)9-23-14-8-12(5-6-15(14)29-10-17(23)24)13-11-30-20(21-13)22-19(26)16-4-3-7-28-16/h5-6,8,11,16H,2-4,7,9-10H2,1H3,(H,21,22,26). The molecule has 1 aromatic heterocycles. The number of aromatic nitrogens is 1. The van der Waals surface area contributed by atoms with Gasteiger partial charge in [0.1, 0.15) is 18.4 Å². The number of amides is 2. The third-order valence-electron chi connectivity index (χ3n) is 4.75. The van der Waals surface area contributed by atoms with Crippen molar-refractivity contribution in [2.24, 2.45) is 0 Å². The number of hydrogen-bond acceptors (Lipinski definition) is 8. The van der Waals surface area contributed by atoms with E-state index in [1.54, 1.807) is 19.1 Å². The second kappa shape index (κ2) is 8.80. The van der Waals surface area contributed by atoms with E-state index in [9.17, 15) is 14.4 Å². The molecule has 1 N–H and O–H groups in total. The molecule has 3 heterocycles. The summed E-state index contributed by atoms with van der Waals surface area (Å²) in [5.41, 5.74) is 1.85. The number of nitrogens with one attached hydrogen (secondary N) is 1. The maximum Gasteiger partial charge on any atom is 0.326 e. The van der Waals surface area contributed by atoms with Gasteiger partial charge >= 0.3 is 5.97 Å². The van der Waals surface area contributed by atoms with Crippen molar-refractivity contribution < 1.29 is 28.6 Å². The van der Waals surface area contributed by atoms with E-state index >= 15 is 0 Å². The minimum Gasteiger partial charge on any atom is -0.482 e. The van der Waals surface area contributed by atoms with Gasteiger partial charge in [0.2, 0.25) is 0 Å². The Morgan fingerprint density at radius 2 is 2.27 bits per heavy atom. The number of fused-ring (bicyclic) bond motifs is 1. The van der Waals surface area contributed by atoms with Crippen LogP contribution in [0.5, 0.6) is 5.75 Å². The number of esters is 1. The van der Waals surface area contributed by atoms with E-state index in [0.717, 1.165) is 12.0 Å². The van der Waals surface area contributed by atoms with Gasteiger partial charge in [-0.1, -0.05) is 0 Å². The monoisotopic (exact) mass is 431 g/mol. The van der Waals surface area contributed by atoms with Gasteiger partial charge in [-0.3, -0.25) is 24.6 Å². The lowest BCUT2D eigenvalue weighted by molar-refractivity contribution is -0.142. The van der Waals surface area contributed by atoms with Crippen LogP contribution in [0, 0.1) is 0 Å². The average Bonchev–Trinajstić information content (AvgIpc) is 3.42. The molecular formula is C20H21N3O6S. The minimum atomic E-state index is -0.489. The van der Waals surface area contributed by atoms with Crippen LogP contribution < -0.4 is 15.0 Å². The highest BCUT2D eigenvalue weighted by Gasteiger charge is 2.29. The van der Waals surface area contributed by atoms with Crippen LogP contribution in [0.4, 0.5) is 10.8 Å². The Labute approximate surface area is 176 Å². The van der Waals surface area contributed by atoms with Crippen LogP contribution >= 0.6 is 11.3 Å². The predicted octanol–water partition coefficient (Wildman–Crippen LogP) is 2.22. The van der Waals surface area contributed by atoms with E-state index in [4.69, 9.17) is 14.2 Å². The zero-order chi connectivity index (χ0) is 21.1. The predicted molar refractivity (Wildman–Crippen MR) is 110 cm³/mol. The van der Waals surface area contributed by atoms with E-state index < -0.39 is 12.1 Å². The number of nitrogens with zero attached hydrogens (tertiary/aromatic N) is 2. The van der Waals surface area contributed by atoms with Crippen LogP contribution in [0.25, 0.3) is 11.3 Å². The van der Waals surface area contributed by atoms with Gasteiger partial charge in [-0.25, -0.2) is 4.98 Å². The van der Waals surface area contributed by atoms with Gasteiger partial charge in [-0.2, -0.15) is 0 Å². The summed E-state index contributed by atoms with van der Waals surface area (Å²) in [5, 5.41) is 5.07. The van der Waals surface area contributed by atoms with Gasteiger partial charge in [0.05, 0.1) is 18.0 Å². The van der Waals surface area contributed by atoms with Crippen LogP contribution in [0.1, 0.15) is 19.8 Å². The topological polar surface area (TPSA) is 107 Å². The van der Waals surface area contributed by atoms with E-state index in [1.807, 2.05) is 11.4 Å². The molecule has 2 amide bonds. The molecule has 0 saturated carbocycles. The molecule has 2 aliphatic heterocycles. The normalized spacial score (nSPS) is 18.0. The zero-order valence-electron chi connectivity index (χ0n) is 16.4. The van der Waals surface area contributed by atoms with Crippen molar-refractivity contribution in [3.05, 3.63) is 23.6 Å². The molecule has 2 aliphatic rings. The summed E-state index contributed by atoms with van der Waals surface area (Å²) in [6, 6.07) is 5.30. The molecule has 30 heavy (non-hydrogen) atoms. The van der Waals surface area contributed by atoms with Gasteiger partial charge in [-0.15, -0.1) is 11.3 Å². The second-order valence-corrected chi connectivity index (χ2v) is 7.64. The first-order valence-corrected chi connectivity index (χ1v) is 10.5. The second-order valence-electron chi connectivity index (χ2n) is 6.78. The highest BCUT2D eigenvalue weighted by molar-refractivity contribution is 7.14. The summed E-state index contributed by atoms with van der Waals surface area (Å²) < 4.78 is 15.8. The number of anilines is 2. The number of carbonyl (C=O) groups excluding carboxylic acids is 3. The molecule has 1 atom stereocenters. The van der Waals surface area contributed by atoms with E-state index in [2.05, 4.69) is 10.3 Å². The SMILES string of the molecule is CCOC(=O)CN1C(=O)COc2ccc(-c3csc(NC(=O)C4CCCO4)n3)cc21. The fourth-order valence-corrected chi connectivity index (χ4v) is 4.03. The quantitative estimate of drug-likeness (QED) is 0.699. The number of benzene rings is 1. The summed E-state index contributed by atoms with van der Waals surface area (Å²) in [5.74, 6) is -0.504. The van der Waals surface area contributed by atoms with E-state index in [-0.39, 0.29) is 31.6 Å². The third-order valence-corrected chi connectivity index (χ3v) is 5.50. The van der Waals surface area contributed by atoms with Crippen LogP contribution in [-0.2, 0) is 23.9 Å². The molecule has 4 rings (SSSR count). The lowest BCUT2D eigenvalue weighted by atomic mass is 10.1. The van der Waals surface area contributed by atoms with Crippen LogP contribution in [0.3, 0.4) is 0 Å². The Balaban J connectivity index is 1.54. The third kappa shape index (κ3) is 4.29. The van der Waals surface area contributed by atoms with Gasteiger partial charge in [0, 0.05) is 17.6 Å². The van der Waals surface area contributed by atoms with E-state index in [1.165, 1.54) is 16.2 Å². The van der Waals surface area contributed by atoms with Crippen LogP contribution in [0.2, 0.25) is 0 Å². The molecule has 0 spiro atoms. The van der Waals surface area contributed by atoms with Crippen LogP contribution in [0.15, 0.2) is 23.6 Å². The van der Waals surface area contributed by atoms with Crippen molar-refractivity contribution in [1.29, 1.82) is 0 Å². The first-order valence-electron chi connectivity index (χ1n) is 9.66. The van der Waals surface area contributed by atoms with Crippen molar-refractivity contribution in [2.75, 3.05) is 36.6 Å². The van der Waals surface area contributed by atoms with Crippen molar-refractivity contribution in [3.63, 3.8) is 0 Å². The molecule has 1 saturated heterocycles. The van der Waals surface area contributed by atoms with Crippen LogP contribution in [-0.4, -0.2) is 55.2 Å². The summed E-state index contributed by atoms with van der Waals surface area (Å²) in [7, 11) is 0. The molecule has 0 radical (unpaired) electrons. The highest BCUT2D eigenvalue weighted by atomic mass is 32.1. The Hall–Kier alpha value is -2.98. The maximum atomic E-state index is 12.3. The Morgan fingerprint density at radius 1 is 1.40 bits per heavy atom. The Kier molecular flexibility index (Phi) is 5.96. The number of rotatable bonds is 6. The molecule has 0 aliphatic carbocycles. The molecule has 9 nitrogen and oxygen atoms in total. The molecule has 1 aromatic carbocycles. The van der Waals surface area contributed by atoms with E-state index in [0.29, 0.717) is 35.3 Å². The van der Waals surface area contributed by atoms with Gasteiger partial charge in [0.25, 0.3) is 11.8 Å². The largest absolute Gasteiger partial charge is 0.482 e. The fourth-order valence-electron chi connectivity index (χ4n) is 3.30. The minimum absolute atomic E-state index is 0.137. The van der Waals surface area contributed by atoms with Crippen molar-refractivity contribution >= 4 is 39.9 Å². The Bertz CT molecular complexity index is 969. The summed E-state index contributed by atoms with van der Waals surface area (Å²) >= 11 is 1.30. The zero-order valence-corrected chi connectivity index (χ0v) is 17.2. The van der Waals surface area contributed by atoms with Gasteiger partial charge in [0.15, 0.2) is 11.7 Å². The molecule has 0 bridgehead atoms. The van der Waals surface area contributed by atoms with Crippen molar-refractivity contribution in [1.82, 2.24) is 4.98 Å². The highest BCUT2D eigenvalue weighted by Crippen LogP contribution is 2.36. The van der Waals surface area contributed by atoms with Crippen molar-refractivity contribution in [2.45, 2.75) is 25.9 Å². The first-order chi connectivity index (χ1) is 14.5. The molecule has 1 fully saturated rings. The number of thiazole rings is 1. The number of carbonyl (C=O) groups is 3. The smallest absolute Gasteiger partial charge is 0.326 e.